The zero-order valence-electron chi connectivity index (χ0n) is 18.5. The van der Waals surface area contributed by atoms with Crippen LogP contribution in [-0.4, -0.2) is 28.8 Å². The van der Waals surface area contributed by atoms with Gasteiger partial charge >= 0.3 is 5.97 Å². The minimum absolute atomic E-state index is 0.130. The summed E-state index contributed by atoms with van der Waals surface area (Å²) < 4.78 is 13.2. The molecular formula is C26H24N2O5. The van der Waals surface area contributed by atoms with Crippen molar-refractivity contribution in [2.75, 3.05) is 6.61 Å². The summed E-state index contributed by atoms with van der Waals surface area (Å²) >= 11 is 0. The second kappa shape index (κ2) is 9.16. The van der Waals surface area contributed by atoms with Crippen molar-refractivity contribution in [3.05, 3.63) is 77.5 Å². The van der Waals surface area contributed by atoms with E-state index in [1.807, 2.05) is 79.2 Å². The average Bonchev–Trinajstić information content (AvgIpc) is 3.11. The molecule has 0 saturated carbocycles. The molecule has 3 aromatic carbocycles. The molecule has 0 bridgehead atoms. The number of carbonyl (C=O) groups is 3. The summed E-state index contributed by atoms with van der Waals surface area (Å²) in [6, 6.07) is 18.8. The van der Waals surface area contributed by atoms with Gasteiger partial charge in [0, 0.05) is 18.1 Å². The Labute approximate surface area is 190 Å². The number of hydrogen-bond acceptors (Lipinski definition) is 5. The molecule has 0 aliphatic carbocycles. The molecule has 168 valence electrons. The number of benzene rings is 3. The molecule has 1 heterocycles. The van der Waals surface area contributed by atoms with Crippen molar-refractivity contribution in [3.8, 4) is 5.75 Å². The predicted octanol–water partition coefficient (Wildman–Crippen LogP) is 3.68. The lowest BCUT2D eigenvalue weighted by molar-refractivity contribution is -0.147. The van der Waals surface area contributed by atoms with Crippen LogP contribution < -0.4 is 10.5 Å². The lowest BCUT2D eigenvalue weighted by Gasteiger charge is -2.12. The highest BCUT2D eigenvalue weighted by Crippen LogP contribution is 2.40. The van der Waals surface area contributed by atoms with Crippen molar-refractivity contribution in [1.29, 1.82) is 0 Å². The maximum absolute atomic E-state index is 12.8. The van der Waals surface area contributed by atoms with Crippen molar-refractivity contribution < 1.29 is 23.9 Å². The standard InChI is InChI=1S/C26H24N2O5/c1-3-19-22(24(30)26(27)31)23-20(28(19)2)13-17-11-7-8-12-18(17)25(23)33-15-21(29)32-14-16-9-5-4-6-10-16/h4-13H,3,14-15H2,1-2H3,(H2,27,31). The molecule has 0 radical (unpaired) electrons. The first-order valence-corrected chi connectivity index (χ1v) is 10.6. The van der Waals surface area contributed by atoms with Gasteiger partial charge in [0.1, 0.15) is 12.4 Å². The summed E-state index contributed by atoms with van der Waals surface area (Å²) in [6.45, 7) is 1.67. The smallest absolute Gasteiger partial charge is 0.344 e. The highest BCUT2D eigenvalue weighted by atomic mass is 16.6. The zero-order valence-corrected chi connectivity index (χ0v) is 18.5. The average molecular weight is 444 g/mol. The number of nitrogens with zero attached hydrogens (tertiary/aromatic N) is 1. The van der Waals surface area contributed by atoms with E-state index in [1.165, 1.54) is 0 Å². The van der Waals surface area contributed by atoms with Gasteiger partial charge in [-0.25, -0.2) is 4.79 Å². The third-order valence-corrected chi connectivity index (χ3v) is 5.65. The Morgan fingerprint density at radius 3 is 2.39 bits per heavy atom. The number of fused-ring (bicyclic) bond motifs is 2. The fourth-order valence-electron chi connectivity index (χ4n) is 4.11. The van der Waals surface area contributed by atoms with Crippen LogP contribution in [0.15, 0.2) is 60.7 Å². The van der Waals surface area contributed by atoms with Gasteiger partial charge in [-0.15, -0.1) is 0 Å². The third-order valence-electron chi connectivity index (χ3n) is 5.65. The maximum Gasteiger partial charge on any atom is 0.344 e. The van der Waals surface area contributed by atoms with Gasteiger partial charge in [0.2, 0.25) is 0 Å². The quantitative estimate of drug-likeness (QED) is 0.254. The van der Waals surface area contributed by atoms with E-state index in [1.54, 1.807) is 0 Å². The second-order valence-electron chi connectivity index (χ2n) is 7.68. The van der Waals surface area contributed by atoms with Crippen molar-refractivity contribution >= 4 is 39.3 Å². The Kier molecular flexibility index (Phi) is 6.13. The highest BCUT2D eigenvalue weighted by Gasteiger charge is 2.27. The van der Waals surface area contributed by atoms with Crippen molar-refractivity contribution in [1.82, 2.24) is 4.57 Å². The number of carbonyl (C=O) groups excluding carboxylic acids is 3. The normalized spacial score (nSPS) is 11.0. The van der Waals surface area contributed by atoms with Crippen LogP contribution in [0.2, 0.25) is 0 Å². The summed E-state index contributed by atoms with van der Waals surface area (Å²) in [5.74, 6) is -2.03. The summed E-state index contributed by atoms with van der Waals surface area (Å²) in [5, 5.41) is 2.05. The molecule has 7 nitrogen and oxygen atoms in total. The van der Waals surface area contributed by atoms with E-state index in [0.29, 0.717) is 34.2 Å². The van der Waals surface area contributed by atoms with Crippen LogP contribution in [0.4, 0.5) is 0 Å². The first-order valence-electron chi connectivity index (χ1n) is 10.6. The zero-order chi connectivity index (χ0) is 23.5. The molecule has 2 N–H and O–H groups in total. The van der Waals surface area contributed by atoms with E-state index in [9.17, 15) is 14.4 Å². The van der Waals surface area contributed by atoms with Gasteiger partial charge in [0.05, 0.1) is 16.5 Å². The Morgan fingerprint density at radius 2 is 1.70 bits per heavy atom. The molecule has 0 unspecified atom stereocenters. The SMILES string of the molecule is CCc1c(C(=O)C(N)=O)c2c(OCC(=O)OCc3ccccc3)c3ccccc3cc2n1C. The molecule has 0 fully saturated rings. The summed E-state index contributed by atoms with van der Waals surface area (Å²) in [5.41, 5.74) is 7.81. The molecule has 1 aromatic heterocycles. The van der Waals surface area contributed by atoms with Gasteiger partial charge in [-0.2, -0.15) is 0 Å². The van der Waals surface area contributed by atoms with Gasteiger partial charge < -0.3 is 19.8 Å². The lowest BCUT2D eigenvalue weighted by Crippen LogP contribution is -2.24. The molecule has 7 heteroatoms. The van der Waals surface area contributed by atoms with E-state index < -0.39 is 17.7 Å². The molecule has 0 atom stereocenters. The second-order valence-corrected chi connectivity index (χ2v) is 7.68. The first kappa shape index (κ1) is 22.1. The molecule has 4 rings (SSSR count). The van der Waals surface area contributed by atoms with Crippen LogP contribution in [0.25, 0.3) is 21.7 Å². The number of nitrogens with two attached hydrogens (primary N) is 1. The lowest BCUT2D eigenvalue weighted by atomic mass is 10.00. The van der Waals surface area contributed by atoms with E-state index in [0.717, 1.165) is 10.9 Å². The Morgan fingerprint density at radius 1 is 1.00 bits per heavy atom. The van der Waals surface area contributed by atoms with Crippen LogP contribution in [0.1, 0.15) is 28.5 Å². The van der Waals surface area contributed by atoms with Crippen LogP contribution in [0.3, 0.4) is 0 Å². The van der Waals surface area contributed by atoms with Gasteiger partial charge in [-0.3, -0.25) is 9.59 Å². The minimum Gasteiger partial charge on any atom is -0.481 e. The van der Waals surface area contributed by atoms with Crippen molar-refractivity contribution in [2.45, 2.75) is 20.0 Å². The first-order chi connectivity index (χ1) is 15.9. The number of aromatic nitrogens is 1. The van der Waals surface area contributed by atoms with E-state index >= 15 is 0 Å². The number of amides is 1. The van der Waals surface area contributed by atoms with Gasteiger partial charge in [-0.05, 0) is 23.4 Å². The van der Waals surface area contributed by atoms with Crippen molar-refractivity contribution in [3.63, 3.8) is 0 Å². The van der Waals surface area contributed by atoms with Gasteiger partial charge in [0.25, 0.3) is 11.7 Å². The van der Waals surface area contributed by atoms with Gasteiger partial charge in [-0.1, -0.05) is 61.5 Å². The van der Waals surface area contributed by atoms with E-state index in [-0.39, 0.29) is 18.8 Å². The third kappa shape index (κ3) is 4.17. The molecule has 0 spiro atoms. The summed E-state index contributed by atoms with van der Waals surface area (Å²) in [4.78, 5) is 37.1. The van der Waals surface area contributed by atoms with Crippen LogP contribution in [0, 0.1) is 0 Å². The maximum atomic E-state index is 12.8. The van der Waals surface area contributed by atoms with Crippen LogP contribution in [0.5, 0.6) is 5.75 Å². The summed E-state index contributed by atoms with van der Waals surface area (Å²) in [7, 11) is 1.83. The Balaban J connectivity index is 1.77. The fraction of sp³-hybridized carbons (Fsp3) is 0.192. The number of rotatable bonds is 8. The number of esters is 1. The number of Topliss-reactive ketones (excluding diaryl/α,β-unsaturated/α-hetero) is 1. The molecular weight excluding hydrogens is 420 g/mol. The van der Waals surface area contributed by atoms with Gasteiger partial charge in [0.15, 0.2) is 6.61 Å². The molecule has 0 aliphatic heterocycles. The van der Waals surface area contributed by atoms with Crippen LogP contribution >= 0.6 is 0 Å². The van der Waals surface area contributed by atoms with Crippen LogP contribution in [-0.2, 0) is 34.4 Å². The number of primary amides is 1. The number of hydrogen-bond donors (Lipinski definition) is 1. The monoisotopic (exact) mass is 444 g/mol. The molecule has 33 heavy (non-hydrogen) atoms. The highest BCUT2D eigenvalue weighted by molar-refractivity contribution is 6.45. The number of ketones is 1. The Bertz CT molecular complexity index is 1370. The Hall–Kier alpha value is -4.13. The number of aryl methyl sites for hydroxylation is 1. The minimum atomic E-state index is -1.04. The fourth-order valence-corrected chi connectivity index (χ4v) is 4.11. The number of ether oxygens (including phenoxy) is 2. The summed E-state index contributed by atoms with van der Waals surface area (Å²) in [6.07, 6.45) is 0.508. The molecule has 1 amide bonds. The molecule has 4 aromatic rings. The van der Waals surface area contributed by atoms with E-state index in [2.05, 4.69) is 0 Å². The predicted molar refractivity (Wildman–Crippen MR) is 125 cm³/mol. The molecule has 0 aliphatic rings. The molecule has 0 saturated heterocycles. The van der Waals surface area contributed by atoms with Crippen molar-refractivity contribution in [2.24, 2.45) is 12.8 Å². The largest absolute Gasteiger partial charge is 0.481 e. The van der Waals surface area contributed by atoms with E-state index in [4.69, 9.17) is 15.2 Å². The topological polar surface area (TPSA) is 101 Å².